The number of aryl methyl sites for hydroxylation is 1. The van der Waals surface area contributed by atoms with Crippen molar-refractivity contribution >= 4 is 23.9 Å². The van der Waals surface area contributed by atoms with Gasteiger partial charge < -0.3 is 16.5 Å². The summed E-state index contributed by atoms with van der Waals surface area (Å²) >= 11 is 0. The van der Waals surface area contributed by atoms with E-state index in [0.29, 0.717) is 0 Å². The molecule has 0 aromatic heterocycles. The van der Waals surface area contributed by atoms with Crippen LogP contribution in [0.3, 0.4) is 0 Å². The number of carbonyl (C=O) groups excluding carboxylic acids is 1. The van der Waals surface area contributed by atoms with Gasteiger partial charge in [0.2, 0.25) is 5.91 Å². The summed E-state index contributed by atoms with van der Waals surface area (Å²) in [5.41, 5.74) is 4.07. The maximum atomic E-state index is 11.9. The fraction of sp³-hybridized carbons (Fsp3) is 0.250. The normalized spacial score (nSPS) is 18.4. The van der Waals surface area contributed by atoms with Gasteiger partial charge in [0.25, 0.3) is 0 Å². The number of carbonyl (C=O) groups is 1. The van der Waals surface area contributed by atoms with Crippen molar-refractivity contribution in [2.24, 2.45) is 22.1 Å². The van der Waals surface area contributed by atoms with Crippen molar-refractivity contribution in [2.45, 2.75) is 25.9 Å². The smallest absolute Gasteiger partial charge is 0.224 e. The highest BCUT2D eigenvalue weighted by atomic mass is 16.2. The summed E-state index contributed by atoms with van der Waals surface area (Å²) in [7, 11) is 0. The number of hydrogen-bond donors (Lipinski definition) is 3. The van der Waals surface area contributed by atoms with E-state index in [9.17, 15) is 4.79 Å². The molecule has 6 heteroatoms. The van der Waals surface area contributed by atoms with E-state index in [1.54, 1.807) is 0 Å². The molecule has 6 nitrogen and oxygen atoms in total. The Morgan fingerprint density at radius 3 is 2.81 bits per heavy atom. The Morgan fingerprint density at radius 2 is 2.04 bits per heavy atom. The molecule has 1 fully saturated rings. The molecule has 0 bridgehead atoms. The zero-order valence-corrected chi connectivity index (χ0v) is 14.6. The van der Waals surface area contributed by atoms with Crippen LogP contribution in [0.5, 0.6) is 0 Å². The lowest BCUT2D eigenvalue weighted by molar-refractivity contribution is -0.122. The SMILES string of the molecule is Cc1ccc(N=NN)cc1-c1ccc2c(c1)=CNC(NC(=O)C1CC1)C=2. The van der Waals surface area contributed by atoms with E-state index in [4.69, 9.17) is 5.84 Å². The van der Waals surface area contributed by atoms with Crippen molar-refractivity contribution in [3.8, 4) is 11.1 Å². The summed E-state index contributed by atoms with van der Waals surface area (Å²) in [6, 6.07) is 12.2. The largest absolute Gasteiger partial charge is 0.368 e. The van der Waals surface area contributed by atoms with Gasteiger partial charge in [-0.25, -0.2) is 0 Å². The van der Waals surface area contributed by atoms with Crippen molar-refractivity contribution in [1.29, 1.82) is 0 Å². The van der Waals surface area contributed by atoms with Crippen LogP contribution < -0.4 is 26.9 Å². The predicted molar refractivity (Wildman–Crippen MR) is 101 cm³/mol. The van der Waals surface area contributed by atoms with Gasteiger partial charge in [-0.1, -0.05) is 23.4 Å². The first-order valence-corrected chi connectivity index (χ1v) is 8.74. The van der Waals surface area contributed by atoms with Crippen molar-refractivity contribution in [2.75, 3.05) is 0 Å². The predicted octanol–water partition coefficient (Wildman–Crippen LogP) is 1.59. The summed E-state index contributed by atoms with van der Waals surface area (Å²) in [6.45, 7) is 2.07. The van der Waals surface area contributed by atoms with Gasteiger partial charge >= 0.3 is 0 Å². The van der Waals surface area contributed by atoms with Crippen molar-refractivity contribution in [3.63, 3.8) is 0 Å². The van der Waals surface area contributed by atoms with Crippen LogP contribution in [0.2, 0.25) is 0 Å². The second kappa shape index (κ2) is 6.63. The van der Waals surface area contributed by atoms with Crippen LogP contribution in [0.4, 0.5) is 5.69 Å². The molecule has 0 radical (unpaired) electrons. The molecule has 1 aliphatic carbocycles. The average molecular weight is 347 g/mol. The monoisotopic (exact) mass is 347 g/mol. The summed E-state index contributed by atoms with van der Waals surface area (Å²) in [6.07, 6.45) is 5.85. The van der Waals surface area contributed by atoms with Crippen LogP contribution in [0.15, 0.2) is 46.7 Å². The highest BCUT2D eigenvalue weighted by Crippen LogP contribution is 2.29. The lowest BCUT2D eigenvalue weighted by Crippen LogP contribution is -2.48. The number of benzene rings is 2. The second-order valence-corrected chi connectivity index (χ2v) is 6.80. The van der Waals surface area contributed by atoms with E-state index >= 15 is 0 Å². The third-order valence-electron chi connectivity index (χ3n) is 4.80. The third-order valence-corrected chi connectivity index (χ3v) is 4.80. The Morgan fingerprint density at radius 1 is 1.19 bits per heavy atom. The fourth-order valence-electron chi connectivity index (χ4n) is 3.18. The van der Waals surface area contributed by atoms with E-state index in [2.05, 4.69) is 46.1 Å². The Bertz CT molecular complexity index is 1010. The first kappa shape index (κ1) is 16.3. The Kier molecular flexibility index (Phi) is 4.16. The van der Waals surface area contributed by atoms with Crippen LogP contribution in [0.25, 0.3) is 23.4 Å². The average Bonchev–Trinajstić information content (AvgIpc) is 3.48. The van der Waals surface area contributed by atoms with Crippen LogP contribution >= 0.6 is 0 Å². The summed E-state index contributed by atoms with van der Waals surface area (Å²) in [5.74, 6) is 5.50. The number of nitrogens with one attached hydrogen (secondary N) is 2. The van der Waals surface area contributed by atoms with E-state index in [1.807, 2.05) is 30.5 Å². The molecule has 1 heterocycles. The van der Waals surface area contributed by atoms with Crippen molar-refractivity contribution in [1.82, 2.24) is 10.6 Å². The van der Waals surface area contributed by atoms with Crippen molar-refractivity contribution < 1.29 is 4.79 Å². The molecular formula is C20H21N5O. The first-order chi connectivity index (χ1) is 12.6. The van der Waals surface area contributed by atoms with Gasteiger partial charge in [-0.15, -0.1) is 5.11 Å². The molecule has 4 N–H and O–H groups in total. The number of fused-ring (bicyclic) bond motifs is 1. The minimum absolute atomic E-state index is 0.133. The molecule has 26 heavy (non-hydrogen) atoms. The minimum Gasteiger partial charge on any atom is -0.368 e. The Labute approximate surface area is 151 Å². The second-order valence-electron chi connectivity index (χ2n) is 6.80. The van der Waals surface area contributed by atoms with Gasteiger partial charge in [-0.2, -0.15) is 0 Å². The van der Waals surface area contributed by atoms with Crippen LogP contribution in [0.1, 0.15) is 18.4 Å². The molecule has 1 amide bonds. The molecule has 0 saturated heterocycles. The zero-order valence-electron chi connectivity index (χ0n) is 14.6. The molecule has 4 rings (SSSR count). The quantitative estimate of drug-likeness (QED) is 0.446. The lowest BCUT2D eigenvalue weighted by Gasteiger charge is -2.18. The third kappa shape index (κ3) is 3.31. The van der Waals surface area contributed by atoms with E-state index in [-0.39, 0.29) is 18.0 Å². The minimum atomic E-state index is -0.156. The molecule has 2 aromatic rings. The van der Waals surface area contributed by atoms with Crippen molar-refractivity contribution in [3.05, 3.63) is 52.4 Å². The highest BCUT2D eigenvalue weighted by Gasteiger charge is 2.30. The Hall–Kier alpha value is -3.15. The molecule has 1 saturated carbocycles. The van der Waals surface area contributed by atoms with Gasteiger partial charge in [0.05, 0.1) is 5.69 Å². The molecule has 1 aliphatic heterocycles. The van der Waals surface area contributed by atoms with Gasteiger partial charge in [0, 0.05) is 12.1 Å². The number of amides is 1. The van der Waals surface area contributed by atoms with Gasteiger partial charge in [0.1, 0.15) is 6.17 Å². The Balaban J connectivity index is 1.64. The fourth-order valence-corrected chi connectivity index (χ4v) is 3.18. The molecule has 2 aromatic carbocycles. The lowest BCUT2D eigenvalue weighted by atomic mass is 9.98. The number of nitrogens with zero attached hydrogens (tertiary/aromatic N) is 2. The molecule has 0 spiro atoms. The molecular weight excluding hydrogens is 326 g/mol. The topological polar surface area (TPSA) is 91.9 Å². The molecule has 132 valence electrons. The van der Waals surface area contributed by atoms with Gasteiger partial charge in [-0.05, 0) is 71.2 Å². The summed E-state index contributed by atoms with van der Waals surface area (Å²) < 4.78 is 0. The maximum absolute atomic E-state index is 11.9. The van der Waals surface area contributed by atoms with Crippen LogP contribution in [-0.2, 0) is 4.79 Å². The van der Waals surface area contributed by atoms with Crippen LogP contribution in [-0.4, -0.2) is 12.1 Å². The van der Waals surface area contributed by atoms with E-state index in [0.717, 1.165) is 45.7 Å². The highest BCUT2D eigenvalue weighted by molar-refractivity contribution is 5.82. The molecule has 1 unspecified atom stereocenters. The first-order valence-electron chi connectivity index (χ1n) is 8.74. The number of hydrogen-bond acceptors (Lipinski definition) is 4. The van der Waals surface area contributed by atoms with Gasteiger partial charge in [0.15, 0.2) is 0 Å². The summed E-state index contributed by atoms with van der Waals surface area (Å²) in [4.78, 5) is 11.9. The molecule has 1 atom stereocenters. The standard InChI is InChI=1S/C20H21N5O/c1-12-2-7-17(24-25-21)10-18(12)15-6-5-14-9-19(22-11-16(14)8-15)23-20(26)13-3-4-13/h2,5-11,13,19,22H,3-4H2,1H3,(H2,21,24)(H,23,26). The summed E-state index contributed by atoms with van der Waals surface area (Å²) in [5, 5.41) is 15.7. The molecule has 2 aliphatic rings. The zero-order chi connectivity index (χ0) is 18.1. The van der Waals surface area contributed by atoms with E-state index < -0.39 is 0 Å². The number of rotatable bonds is 4. The van der Waals surface area contributed by atoms with Crippen LogP contribution in [0, 0.1) is 12.8 Å². The maximum Gasteiger partial charge on any atom is 0.224 e. The van der Waals surface area contributed by atoms with E-state index in [1.165, 1.54) is 0 Å². The van der Waals surface area contributed by atoms with Gasteiger partial charge in [-0.3, -0.25) is 4.79 Å². The number of nitrogens with two attached hydrogens (primary N) is 1.